The largest absolute Gasteiger partial charge is 0.464 e. The van der Waals surface area contributed by atoms with Crippen LogP contribution in [-0.4, -0.2) is 23.0 Å². The van der Waals surface area contributed by atoms with E-state index >= 15 is 0 Å². The second-order valence-electron chi connectivity index (χ2n) is 5.37. The number of nitrogens with zero attached hydrogens (tertiary/aromatic N) is 2. The Morgan fingerprint density at radius 1 is 1.37 bits per heavy atom. The summed E-state index contributed by atoms with van der Waals surface area (Å²) in [6.45, 7) is 8.60. The van der Waals surface area contributed by atoms with Crippen molar-refractivity contribution < 1.29 is 9.53 Å². The molecule has 1 aromatic rings. The van der Waals surface area contributed by atoms with Crippen molar-refractivity contribution in [2.75, 3.05) is 7.11 Å². The van der Waals surface area contributed by atoms with E-state index in [1.807, 2.05) is 0 Å². The van der Waals surface area contributed by atoms with E-state index in [1.54, 1.807) is 0 Å². The molecule has 0 N–H and O–H groups in total. The highest BCUT2D eigenvalue weighted by atomic mass is 16.5. The maximum atomic E-state index is 11.5. The molecule has 0 saturated heterocycles. The number of carbonyl (C=O) groups is 1. The number of hydrogen-bond acceptors (Lipinski definition) is 4. The second-order valence-corrected chi connectivity index (χ2v) is 5.37. The average molecular weight is 264 g/mol. The van der Waals surface area contributed by atoms with Crippen LogP contribution in [0, 0.1) is 5.92 Å². The van der Waals surface area contributed by atoms with Crippen molar-refractivity contribution in [2.24, 2.45) is 5.92 Å². The molecule has 0 aliphatic rings. The Hall–Kier alpha value is -1.45. The number of esters is 1. The molecule has 1 unspecified atom stereocenters. The fourth-order valence-corrected chi connectivity index (χ4v) is 2.16. The summed E-state index contributed by atoms with van der Waals surface area (Å²) in [5.41, 5.74) is 2.24. The highest BCUT2D eigenvalue weighted by molar-refractivity contribution is 5.86. The molecule has 1 aromatic heterocycles. The summed E-state index contributed by atoms with van der Waals surface area (Å²) in [6, 6.07) is 0. The Bertz CT molecular complexity index is 430. The van der Waals surface area contributed by atoms with Gasteiger partial charge in [0.15, 0.2) is 5.69 Å². The van der Waals surface area contributed by atoms with Crippen LogP contribution in [0.15, 0.2) is 6.20 Å². The summed E-state index contributed by atoms with van der Waals surface area (Å²) in [5, 5.41) is 0. The minimum absolute atomic E-state index is 0.297. The number of methoxy groups -OCH3 is 1. The van der Waals surface area contributed by atoms with E-state index in [2.05, 4.69) is 37.7 Å². The van der Waals surface area contributed by atoms with E-state index in [0.29, 0.717) is 17.5 Å². The molecule has 0 amide bonds. The van der Waals surface area contributed by atoms with Gasteiger partial charge < -0.3 is 4.74 Å². The zero-order chi connectivity index (χ0) is 14.4. The Morgan fingerprint density at radius 2 is 2.05 bits per heavy atom. The van der Waals surface area contributed by atoms with Crippen LogP contribution >= 0.6 is 0 Å². The molecule has 0 fully saturated rings. The molecule has 0 aliphatic heterocycles. The highest BCUT2D eigenvalue weighted by Gasteiger charge is 2.17. The topological polar surface area (TPSA) is 52.1 Å². The van der Waals surface area contributed by atoms with Crippen LogP contribution in [0.1, 0.15) is 68.3 Å². The molecule has 4 heteroatoms. The van der Waals surface area contributed by atoms with Gasteiger partial charge in [-0.1, -0.05) is 34.1 Å². The Labute approximate surface area is 115 Å². The van der Waals surface area contributed by atoms with Gasteiger partial charge in [0, 0.05) is 5.92 Å². The van der Waals surface area contributed by atoms with Crippen LogP contribution in [0.4, 0.5) is 0 Å². The first-order valence-electron chi connectivity index (χ1n) is 6.93. The molecule has 0 aliphatic carbocycles. The predicted octanol–water partition coefficient (Wildman–Crippen LogP) is 3.37. The second kappa shape index (κ2) is 7.22. The molecule has 0 bridgehead atoms. The van der Waals surface area contributed by atoms with Gasteiger partial charge in [-0.15, -0.1) is 0 Å². The summed E-state index contributed by atoms with van der Waals surface area (Å²) in [6.07, 6.45) is 4.55. The van der Waals surface area contributed by atoms with Gasteiger partial charge in [0.05, 0.1) is 24.7 Å². The minimum Gasteiger partial charge on any atom is -0.464 e. The molecule has 19 heavy (non-hydrogen) atoms. The van der Waals surface area contributed by atoms with E-state index in [0.717, 1.165) is 30.7 Å². The molecule has 1 atom stereocenters. The summed E-state index contributed by atoms with van der Waals surface area (Å²) in [7, 11) is 1.36. The molecule has 0 aromatic carbocycles. The third-order valence-corrected chi connectivity index (χ3v) is 3.06. The molecule has 1 heterocycles. The van der Waals surface area contributed by atoms with Gasteiger partial charge in [0.25, 0.3) is 0 Å². The van der Waals surface area contributed by atoms with E-state index in [9.17, 15) is 4.79 Å². The van der Waals surface area contributed by atoms with Gasteiger partial charge in [-0.25, -0.2) is 9.78 Å². The third kappa shape index (κ3) is 4.30. The molecule has 106 valence electrons. The van der Waals surface area contributed by atoms with Crippen molar-refractivity contribution in [1.29, 1.82) is 0 Å². The lowest BCUT2D eigenvalue weighted by Gasteiger charge is -2.16. The maximum Gasteiger partial charge on any atom is 0.358 e. The molecule has 0 radical (unpaired) electrons. The first-order valence-corrected chi connectivity index (χ1v) is 6.93. The monoisotopic (exact) mass is 264 g/mol. The number of rotatable bonds is 6. The lowest BCUT2D eigenvalue weighted by Crippen LogP contribution is -2.13. The molecule has 4 nitrogen and oxygen atoms in total. The van der Waals surface area contributed by atoms with Gasteiger partial charge >= 0.3 is 5.97 Å². The number of carbonyl (C=O) groups excluding carboxylic acids is 1. The van der Waals surface area contributed by atoms with E-state index in [1.165, 1.54) is 13.3 Å². The highest BCUT2D eigenvalue weighted by Crippen LogP contribution is 2.23. The lowest BCUT2D eigenvalue weighted by atomic mass is 9.96. The van der Waals surface area contributed by atoms with Crippen molar-refractivity contribution >= 4 is 5.97 Å². The Balaban J connectivity index is 3.12. The molecule has 0 spiro atoms. The number of hydrogen-bond donors (Lipinski definition) is 0. The fourth-order valence-electron chi connectivity index (χ4n) is 2.16. The van der Waals surface area contributed by atoms with Crippen LogP contribution < -0.4 is 0 Å². The standard InChI is InChI=1S/C15H24N2O2/c1-6-7-11(4)14-12(8-10(2)3)17-13(9-16-14)15(18)19-5/h9-11H,6-8H2,1-5H3. The fraction of sp³-hybridized carbons (Fsp3) is 0.667. The summed E-state index contributed by atoms with van der Waals surface area (Å²) < 4.78 is 4.70. The summed E-state index contributed by atoms with van der Waals surface area (Å²) in [4.78, 5) is 20.4. The van der Waals surface area contributed by atoms with Crippen molar-refractivity contribution in [3.8, 4) is 0 Å². The molecule has 1 rings (SSSR count). The van der Waals surface area contributed by atoms with Crippen LogP contribution in [0.25, 0.3) is 0 Å². The van der Waals surface area contributed by atoms with Crippen LogP contribution in [0.5, 0.6) is 0 Å². The van der Waals surface area contributed by atoms with Crippen molar-refractivity contribution in [3.05, 3.63) is 23.3 Å². The third-order valence-electron chi connectivity index (χ3n) is 3.06. The predicted molar refractivity (Wildman–Crippen MR) is 75.2 cm³/mol. The van der Waals surface area contributed by atoms with E-state index in [4.69, 9.17) is 4.74 Å². The van der Waals surface area contributed by atoms with Gasteiger partial charge in [-0.3, -0.25) is 4.98 Å². The van der Waals surface area contributed by atoms with Gasteiger partial charge in [0.2, 0.25) is 0 Å². The molecular weight excluding hydrogens is 240 g/mol. The zero-order valence-corrected chi connectivity index (χ0v) is 12.6. The number of ether oxygens (including phenoxy) is 1. The lowest BCUT2D eigenvalue weighted by molar-refractivity contribution is 0.0593. The van der Waals surface area contributed by atoms with E-state index in [-0.39, 0.29) is 0 Å². The van der Waals surface area contributed by atoms with Gasteiger partial charge in [-0.2, -0.15) is 0 Å². The number of aromatic nitrogens is 2. The summed E-state index contributed by atoms with van der Waals surface area (Å²) >= 11 is 0. The van der Waals surface area contributed by atoms with Crippen molar-refractivity contribution in [2.45, 2.75) is 52.9 Å². The van der Waals surface area contributed by atoms with Crippen molar-refractivity contribution in [1.82, 2.24) is 9.97 Å². The smallest absolute Gasteiger partial charge is 0.358 e. The quantitative estimate of drug-likeness (QED) is 0.739. The maximum absolute atomic E-state index is 11.5. The van der Waals surface area contributed by atoms with Gasteiger partial charge in [-0.05, 0) is 18.8 Å². The SMILES string of the molecule is CCCC(C)c1ncc(C(=O)OC)nc1CC(C)C. The molecular formula is C15H24N2O2. The minimum atomic E-state index is -0.424. The molecule has 0 saturated carbocycles. The van der Waals surface area contributed by atoms with Crippen LogP contribution in [0.3, 0.4) is 0 Å². The van der Waals surface area contributed by atoms with Crippen LogP contribution in [-0.2, 0) is 11.2 Å². The summed E-state index contributed by atoms with van der Waals surface area (Å²) in [5.74, 6) is 0.430. The van der Waals surface area contributed by atoms with Gasteiger partial charge in [0.1, 0.15) is 0 Å². The Kier molecular flexibility index (Phi) is 5.93. The Morgan fingerprint density at radius 3 is 2.58 bits per heavy atom. The van der Waals surface area contributed by atoms with Crippen LogP contribution in [0.2, 0.25) is 0 Å². The zero-order valence-electron chi connectivity index (χ0n) is 12.6. The first kappa shape index (κ1) is 15.6. The average Bonchev–Trinajstić information content (AvgIpc) is 2.37. The normalized spacial score (nSPS) is 12.5. The van der Waals surface area contributed by atoms with E-state index < -0.39 is 5.97 Å². The van der Waals surface area contributed by atoms with Crippen molar-refractivity contribution in [3.63, 3.8) is 0 Å². The first-order chi connectivity index (χ1) is 8.99.